The number of hydrogen-bond acceptors (Lipinski definition) is 0. The van der Waals surface area contributed by atoms with E-state index >= 15 is 0 Å². The number of hydrogen-bond donors (Lipinski definition) is 0. The summed E-state index contributed by atoms with van der Waals surface area (Å²) in [4.78, 5) is 0. The van der Waals surface area contributed by atoms with Gasteiger partial charge in [-0.15, -0.1) is 0 Å². The summed E-state index contributed by atoms with van der Waals surface area (Å²) in [6.45, 7) is 3.20. The molecule has 0 fully saturated rings. The molecular formula is C50H40N2. The van der Waals surface area contributed by atoms with Crippen molar-refractivity contribution in [2.24, 2.45) is 5.92 Å². The molecule has 0 N–H and O–H groups in total. The third-order valence-corrected chi connectivity index (χ3v) is 11.4. The van der Waals surface area contributed by atoms with Crippen LogP contribution in [0.15, 0.2) is 182 Å². The number of rotatable bonds is 6. The normalized spacial score (nSPS) is 17.3. The Morgan fingerprint density at radius 2 is 1.25 bits per heavy atom. The Morgan fingerprint density at radius 1 is 0.615 bits per heavy atom. The monoisotopic (exact) mass is 668 g/mol. The molecule has 52 heavy (non-hydrogen) atoms. The van der Waals surface area contributed by atoms with Crippen LogP contribution in [0.2, 0.25) is 0 Å². The summed E-state index contributed by atoms with van der Waals surface area (Å²) in [5, 5.41) is 5.16. The maximum absolute atomic E-state index is 2.51. The molecule has 2 aliphatic carbocycles. The maximum Gasteiger partial charge on any atom is 0.0541 e. The average molecular weight is 669 g/mol. The summed E-state index contributed by atoms with van der Waals surface area (Å²) in [6.07, 6.45) is 16.1. The lowest BCUT2D eigenvalue weighted by Crippen LogP contribution is -2.11. The van der Waals surface area contributed by atoms with E-state index in [4.69, 9.17) is 0 Å². The van der Waals surface area contributed by atoms with Gasteiger partial charge < -0.3 is 9.13 Å². The molecule has 6 aromatic carbocycles. The fourth-order valence-corrected chi connectivity index (χ4v) is 8.86. The van der Waals surface area contributed by atoms with Crippen LogP contribution in [0.5, 0.6) is 0 Å². The Morgan fingerprint density at radius 3 is 2.02 bits per heavy atom. The maximum atomic E-state index is 2.51. The molecule has 0 saturated heterocycles. The minimum absolute atomic E-state index is 0.415. The molecule has 2 aromatic heterocycles. The van der Waals surface area contributed by atoms with Gasteiger partial charge in [-0.05, 0) is 89.1 Å². The third-order valence-electron chi connectivity index (χ3n) is 11.4. The van der Waals surface area contributed by atoms with E-state index in [2.05, 4.69) is 192 Å². The molecule has 250 valence electrons. The average Bonchev–Trinajstić information content (AvgIpc) is 3.70. The van der Waals surface area contributed by atoms with E-state index in [-0.39, 0.29) is 0 Å². The number of fused-ring (bicyclic) bond motifs is 6. The van der Waals surface area contributed by atoms with E-state index in [1.165, 1.54) is 82.7 Å². The fourth-order valence-electron chi connectivity index (χ4n) is 8.86. The lowest BCUT2D eigenvalue weighted by Gasteiger charge is -2.24. The van der Waals surface area contributed by atoms with E-state index < -0.39 is 0 Å². The highest BCUT2D eigenvalue weighted by Gasteiger charge is 2.21. The summed E-state index contributed by atoms with van der Waals surface area (Å²) in [6, 6.07) is 51.6. The van der Waals surface area contributed by atoms with Gasteiger partial charge in [-0.1, -0.05) is 140 Å². The standard InChI is InChI=1S/C50H40N2/c1-34-30-35(24-27-40(34)36-14-4-2-5-15-36)33-51-46-21-11-9-19-42(46)44-31-38(25-28-47(44)51)39-26-29-50-45(32-39)43-20-10-13-23-49(43)52(50)48-22-12-8-18-41(48)37-16-6-3-7-17-37/h2-6,8-16,18-32,34,40H,7,17,33H2,1H3. The van der Waals surface area contributed by atoms with Crippen molar-refractivity contribution in [3.05, 3.63) is 193 Å². The van der Waals surface area contributed by atoms with Gasteiger partial charge in [0.25, 0.3) is 0 Å². The number of nitrogens with zero attached hydrogens (tertiary/aromatic N) is 2. The molecule has 2 nitrogen and oxygen atoms in total. The molecule has 10 rings (SSSR count). The SMILES string of the molecule is CC1C=C(Cn2c3ccccc3c3cc(-c4ccc5c(c4)c4ccccc4n5-c4ccccc4C4=CC=CCC4)ccc32)C=CC1c1ccccc1. The van der Waals surface area contributed by atoms with Gasteiger partial charge in [0.15, 0.2) is 0 Å². The van der Waals surface area contributed by atoms with Crippen LogP contribution in [0.1, 0.15) is 36.8 Å². The summed E-state index contributed by atoms with van der Waals surface area (Å²) in [5.74, 6) is 0.858. The van der Waals surface area contributed by atoms with Crippen molar-refractivity contribution in [2.45, 2.75) is 32.2 Å². The van der Waals surface area contributed by atoms with Gasteiger partial charge in [-0.3, -0.25) is 0 Å². The molecule has 0 saturated carbocycles. The first kappa shape index (κ1) is 30.7. The van der Waals surface area contributed by atoms with Gasteiger partial charge in [0.05, 0.1) is 16.7 Å². The lowest BCUT2D eigenvalue weighted by molar-refractivity contribution is 0.623. The summed E-state index contributed by atoms with van der Waals surface area (Å²) >= 11 is 0. The largest absolute Gasteiger partial charge is 0.336 e. The Bertz CT molecular complexity index is 2780. The van der Waals surface area contributed by atoms with Gasteiger partial charge in [0, 0.05) is 50.6 Å². The fraction of sp³-hybridized carbons (Fsp3) is 0.120. The van der Waals surface area contributed by atoms with Crippen LogP contribution in [0, 0.1) is 5.92 Å². The topological polar surface area (TPSA) is 9.86 Å². The van der Waals surface area contributed by atoms with Gasteiger partial charge in [-0.25, -0.2) is 0 Å². The second-order valence-electron chi connectivity index (χ2n) is 14.5. The number of allylic oxidation sites excluding steroid dienone is 8. The van der Waals surface area contributed by atoms with Gasteiger partial charge in [-0.2, -0.15) is 0 Å². The minimum Gasteiger partial charge on any atom is -0.336 e. The lowest BCUT2D eigenvalue weighted by atomic mass is 9.82. The van der Waals surface area contributed by atoms with Crippen LogP contribution in [0.3, 0.4) is 0 Å². The molecule has 2 unspecified atom stereocenters. The van der Waals surface area contributed by atoms with Gasteiger partial charge in [0.2, 0.25) is 0 Å². The van der Waals surface area contributed by atoms with Crippen LogP contribution in [0.4, 0.5) is 0 Å². The Kier molecular flexibility index (Phi) is 7.42. The predicted octanol–water partition coefficient (Wildman–Crippen LogP) is 13.2. The predicted molar refractivity (Wildman–Crippen MR) is 221 cm³/mol. The first-order valence-corrected chi connectivity index (χ1v) is 18.7. The highest BCUT2D eigenvalue weighted by molar-refractivity contribution is 6.12. The number of aromatic nitrogens is 2. The van der Waals surface area contributed by atoms with Crippen molar-refractivity contribution in [2.75, 3.05) is 0 Å². The van der Waals surface area contributed by atoms with Crippen LogP contribution in [-0.2, 0) is 6.54 Å². The van der Waals surface area contributed by atoms with Crippen molar-refractivity contribution in [3.63, 3.8) is 0 Å². The Hall–Kier alpha value is -6.12. The molecule has 0 amide bonds. The summed E-state index contributed by atoms with van der Waals surface area (Å²) in [5.41, 5.74) is 14.2. The first-order chi connectivity index (χ1) is 25.7. The molecule has 0 bridgehead atoms. The zero-order valence-electron chi connectivity index (χ0n) is 29.4. The molecule has 8 aromatic rings. The van der Waals surface area contributed by atoms with Crippen LogP contribution in [-0.4, -0.2) is 9.13 Å². The molecule has 2 atom stereocenters. The highest BCUT2D eigenvalue weighted by Crippen LogP contribution is 2.40. The third kappa shape index (κ3) is 5.09. The zero-order valence-corrected chi connectivity index (χ0v) is 29.4. The molecule has 2 heteroatoms. The quantitative estimate of drug-likeness (QED) is 0.167. The molecular weight excluding hydrogens is 629 g/mol. The Labute approximate surface area is 305 Å². The van der Waals surface area contributed by atoms with Crippen LogP contribution >= 0.6 is 0 Å². The van der Waals surface area contributed by atoms with E-state index in [9.17, 15) is 0 Å². The van der Waals surface area contributed by atoms with E-state index in [1.54, 1.807) is 0 Å². The van der Waals surface area contributed by atoms with E-state index in [0.717, 1.165) is 19.4 Å². The van der Waals surface area contributed by atoms with Crippen molar-refractivity contribution >= 4 is 49.2 Å². The minimum atomic E-state index is 0.415. The number of benzene rings is 6. The summed E-state index contributed by atoms with van der Waals surface area (Å²) < 4.78 is 4.98. The van der Waals surface area contributed by atoms with Crippen molar-refractivity contribution in [1.29, 1.82) is 0 Å². The molecule has 0 radical (unpaired) electrons. The summed E-state index contributed by atoms with van der Waals surface area (Å²) in [7, 11) is 0. The molecule has 2 heterocycles. The van der Waals surface area contributed by atoms with E-state index in [0.29, 0.717) is 11.8 Å². The highest BCUT2D eigenvalue weighted by atomic mass is 15.0. The van der Waals surface area contributed by atoms with Crippen molar-refractivity contribution in [1.82, 2.24) is 9.13 Å². The molecule has 0 spiro atoms. The zero-order chi connectivity index (χ0) is 34.6. The van der Waals surface area contributed by atoms with Gasteiger partial charge >= 0.3 is 0 Å². The first-order valence-electron chi connectivity index (χ1n) is 18.7. The second kappa shape index (κ2) is 12.6. The molecule has 2 aliphatic rings. The smallest absolute Gasteiger partial charge is 0.0541 e. The number of para-hydroxylation sites is 3. The van der Waals surface area contributed by atoms with E-state index in [1.807, 2.05) is 0 Å². The van der Waals surface area contributed by atoms with Crippen LogP contribution in [0.25, 0.3) is 66.0 Å². The Balaban J connectivity index is 1.06. The molecule has 0 aliphatic heterocycles. The van der Waals surface area contributed by atoms with Crippen molar-refractivity contribution < 1.29 is 0 Å². The second-order valence-corrected chi connectivity index (χ2v) is 14.5. The van der Waals surface area contributed by atoms with Crippen LogP contribution < -0.4 is 0 Å². The van der Waals surface area contributed by atoms with Gasteiger partial charge in [0.1, 0.15) is 0 Å². The van der Waals surface area contributed by atoms with Crippen molar-refractivity contribution in [3.8, 4) is 16.8 Å².